The van der Waals surface area contributed by atoms with E-state index in [4.69, 9.17) is 11.6 Å². The van der Waals surface area contributed by atoms with E-state index in [1.807, 2.05) is 0 Å². The van der Waals surface area contributed by atoms with Crippen molar-refractivity contribution in [1.29, 1.82) is 0 Å². The summed E-state index contributed by atoms with van der Waals surface area (Å²) in [5.74, 6) is -1.77. The van der Waals surface area contributed by atoms with Crippen LogP contribution in [0, 0.1) is 5.82 Å². The van der Waals surface area contributed by atoms with Crippen LogP contribution < -0.4 is 10.6 Å². The van der Waals surface area contributed by atoms with Crippen molar-refractivity contribution < 1.29 is 14.0 Å². The van der Waals surface area contributed by atoms with Crippen LogP contribution in [0.15, 0.2) is 42.5 Å². The molecule has 2 aromatic carbocycles. The highest BCUT2D eigenvalue weighted by Crippen LogP contribution is 2.33. The number of hydrogen-bond donors (Lipinski definition) is 2. The third-order valence-electron chi connectivity index (χ3n) is 3.46. The molecule has 6 heteroatoms. The number of fused-ring (bicyclic) bond motifs is 1. The van der Waals surface area contributed by atoms with Crippen LogP contribution in [0.4, 0.5) is 15.8 Å². The Hall–Kier alpha value is -2.40. The molecule has 1 aliphatic heterocycles. The summed E-state index contributed by atoms with van der Waals surface area (Å²) in [7, 11) is 0. The Morgan fingerprint density at radius 2 is 2.09 bits per heavy atom. The predicted octanol–water partition coefficient (Wildman–Crippen LogP) is 3.54. The number of hydrogen-bond acceptors (Lipinski definition) is 2. The van der Waals surface area contributed by atoms with Gasteiger partial charge in [0.2, 0.25) is 11.8 Å². The summed E-state index contributed by atoms with van der Waals surface area (Å²) in [5.41, 5.74) is 1.48. The molecule has 1 unspecified atom stereocenters. The van der Waals surface area contributed by atoms with Gasteiger partial charge in [0.25, 0.3) is 0 Å². The molecule has 0 aromatic heterocycles. The Morgan fingerprint density at radius 3 is 2.86 bits per heavy atom. The van der Waals surface area contributed by atoms with E-state index in [0.717, 1.165) is 0 Å². The fourth-order valence-corrected chi connectivity index (χ4v) is 2.66. The summed E-state index contributed by atoms with van der Waals surface area (Å²) >= 11 is 5.88. The van der Waals surface area contributed by atoms with Gasteiger partial charge in [-0.15, -0.1) is 0 Å². The van der Waals surface area contributed by atoms with Gasteiger partial charge in [0.15, 0.2) is 0 Å². The molecule has 2 aromatic rings. The van der Waals surface area contributed by atoms with Gasteiger partial charge in [0.05, 0.1) is 5.92 Å². The van der Waals surface area contributed by atoms with Crippen molar-refractivity contribution in [3.8, 4) is 0 Å². The maximum atomic E-state index is 13.3. The fourth-order valence-electron chi connectivity index (χ4n) is 2.47. The topological polar surface area (TPSA) is 58.2 Å². The number of rotatable bonds is 2. The second-order valence-electron chi connectivity index (χ2n) is 5.04. The Bertz CT molecular complexity index is 764. The van der Waals surface area contributed by atoms with Gasteiger partial charge in [-0.25, -0.2) is 4.39 Å². The molecule has 2 N–H and O–H groups in total. The highest BCUT2D eigenvalue weighted by atomic mass is 35.5. The van der Waals surface area contributed by atoms with Crippen LogP contribution >= 0.6 is 11.6 Å². The van der Waals surface area contributed by atoms with Crippen LogP contribution in [0.2, 0.25) is 5.02 Å². The minimum Gasteiger partial charge on any atom is -0.326 e. The van der Waals surface area contributed by atoms with Crippen molar-refractivity contribution in [2.24, 2.45) is 0 Å². The second-order valence-corrected chi connectivity index (χ2v) is 5.47. The van der Waals surface area contributed by atoms with Gasteiger partial charge in [0, 0.05) is 22.8 Å². The Morgan fingerprint density at radius 1 is 1.27 bits per heavy atom. The molecule has 0 saturated carbocycles. The highest BCUT2D eigenvalue weighted by molar-refractivity contribution is 6.30. The lowest BCUT2D eigenvalue weighted by atomic mass is 9.89. The zero-order valence-corrected chi connectivity index (χ0v) is 12.2. The van der Waals surface area contributed by atoms with E-state index in [0.29, 0.717) is 22.0 Å². The first-order valence-electron chi connectivity index (χ1n) is 6.68. The van der Waals surface area contributed by atoms with Gasteiger partial charge in [-0.05, 0) is 35.9 Å². The number of halogens is 2. The molecule has 0 spiro atoms. The fraction of sp³-hybridized carbons (Fsp3) is 0.125. The van der Waals surface area contributed by atoms with E-state index >= 15 is 0 Å². The van der Waals surface area contributed by atoms with Crippen LogP contribution in [0.5, 0.6) is 0 Å². The van der Waals surface area contributed by atoms with Crippen LogP contribution in [0.3, 0.4) is 0 Å². The molecule has 1 atom stereocenters. The molecule has 22 heavy (non-hydrogen) atoms. The molecule has 0 radical (unpaired) electrons. The third kappa shape index (κ3) is 2.94. The number of nitrogens with one attached hydrogen (secondary N) is 2. The lowest BCUT2D eigenvalue weighted by Gasteiger charge is -2.24. The number of amides is 2. The van der Waals surface area contributed by atoms with E-state index < -0.39 is 11.7 Å². The quantitative estimate of drug-likeness (QED) is 0.889. The van der Waals surface area contributed by atoms with E-state index in [2.05, 4.69) is 10.6 Å². The summed E-state index contributed by atoms with van der Waals surface area (Å²) in [6.45, 7) is 0. The molecule has 0 fully saturated rings. The van der Waals surface area contributed by atoms with E-state index in [1.54, 1.807) is 24.3 Å². The molecular weight excluding hydrogens is 307 g/mol. The molecule has 4 nitrogen and oxygen atoms in total. The van der Waals surface area contributed by atoms with E-state index in [1.165, 1.54) is 18.2 Å². The predicted molar refractivity (Wildman–Crippen MR) is 82.5 cm³/mol. The summed E-state index contributed by atoms with van der Waals surface area (Å²) in [5, 5.41) is 5.81. The van der Waals surface area contributed by atoms with Crippen molar-refractivity contribution in [1.82, 2.24) is 0 Å². The number of benzene rings is 2. The molecule has 0 bridgehead atoms. The average Bonchev–Trinajstić information content (AvgIpc) is 2.45. The van der Waals surface area contributed by atoms with Crippen molar-refractivity contribution in [3.63, 3.8) is 0 Å². The van der Waals surface area contributed by atoms with Crippen molar-refractivity contribution in [3.05, 3.63) is 58.9 Å². The summed E-state index contributed by atoms with van der Waals surface area (Å²) in [6, 6.07) is 10.7. The van der Waals surface area contributed by atoms with Crippen molar-refractivity contribution in [2.75, 3.05) is 10.6 Å². The van der Waals surface area contributed by atoms with E-state index in [-0.39, 0.29) is 18.2 Å². The number of carbonyl (C=O) groups is 2. The second kappa shape index (κ2) is 5.77. The molecular formula is C16H12ClFN2O2. The number of anilines is 2. The zero-order chi connectivity index (χ0) is 15.7. The minimum atomic E-state index is -0.664. The highest BCUT2D eigenvalue weighted by Gasteiger charge is 2.30. The van der Waals surface area contributed by atoms with Gasteiger partial charge in [-0.2, -0.15) is 0 Å². The van der Waals surface area contributed by atoms with Gasteiger partial charge < -0.3 is 10.6 Å². The van der Waals surface area contributed by atoms with Crippen LogP contribution in [0.25, 0.3) is 0 Å². The average molecular weight is 319 g/mol. The van der Waals surface area contributed by atoms with Crippen molar-refractivity contribution in [2.45, 2.75) is 12.3 Å². The minimum absolute atomic E-state index is 0.0189. The SMILES string of the molecule is O=C1CC(C(=O)Nc2cccc(Cl)c2)c2ccc(F)cc2N1. The normalized spacial score (nSPS) is 16.6. The first-order valence-corrected chi connectivity index (χ1v) is 7.06. The lowest BCUT2D eigenvalue weighted by Crippen LogP contribution is -2.30. The zero-order valence-electron chi connectivity index (χ0n) is 11.4. The first kappa shape index (κ1) is 14.5. The van der Waals surface area contributed by atoms with Gasteiger partial charge in [0.1, 0.15) is 5.82 Å². The van der Waals surface area contributed by atoms with Crippen molar-refractivity contribution >= 4 is 34.8 Å². The van der Waals surface area contributed by atoms with Crippen LogP contribution in [0.1, 0.15) is 17.9 Å². The Labute approximate surface area is 131 Å². The number of carbonyl (C=O) groups excluding carboxylic acids is 2. The molecule has 112 valence electrons. The maximum absolute atomic E-state index is 13.3. The van der Waals surface area contributed by atoms with Gasteiger partial charge >= 0.3 is 0 Å². The molecule has 1 heterocycles. The third-order valence-corrected chi connectivity index (χ3v) is 3.70. The summed E-state index contributed by atoms with van der Waals surface area (Å²) in [6.07, 6.45) is 0.0189. The maximum Gasteiger partial charge on any atom is 0.232 e. The Balaban J connectivity index is 1.88. The summed E-state index contributed by atoms with van der Waals surface area (Å²) < 4.78 is 13.3. The van der Waals surface area contributed by atoms with Gasteiger partial charge in [-0.3, -0.25) is 9.59 Å². The first-order chi connectivity index (χ1) is 10.5. The van der Waals surface area contributed by atoms with Crippen LogP contribution in [-0.4, -0.2) is 11.8 Å². The monoisotopic (exact) mass is 318 g/mol. The molecule has 2 amide bonds. The standard InChI is InChI=1S/C16H12ClFN2O2/c17-9-2-1-3-11(6-9)19-16(22)13-8-15(21)20-14-7-10(18)4-5-12(13)14/h1-7,13H,8H2,(H,19,22)(H,20,21). The summed E-state index contributed by atoms with van der Waals surface area (Å²) in [4.78, 5) is 24.2. The Kier molecular flexibility index (Phi) is 3.81. The smallest absolute Gasteiger partial charge is 0.232 e. The molecule has 3 rings (SSSR count). The molecule has 1 aliphatic rings. The molecule has 0 aliphatic carbocycles. The van der Waals surface area contributed by atoms with Gasteiger partial charge in [-0.1, -0.05) is 23.7 Å². The van der Waals surface area contributed by atoms with E-state index in [9.17, 15) is 14.0 Å². The lowest BCUT2D eigenvalue weighted by molar-refractivity contribution is -0.123. The van der Waals surface area contributed by atoms with Crippen LogP contribution in [-0.2, 0) is 9.59 Å². The largest absolute Gasteiger partial charge is 0.326 e. The molecule has 0 saturated heterocycles.